The number of para-hydroxylation sites is 1. The number of hydrogen-bond donors (Lipinski definition) is 2. The summed E-state index contributed by atoms with van der Waals surface area (Å²) in [7, 11) is 1.32. The summed E-state index contributed by atoms with van der Waals surface area (Å²) in [5.74, 6) is -0.491. The highest BCUT2D eigenvalue weighted by atomic mass is 16.5. The van der Waals surface area contributed by atoms with Crippen LogP contribution in [0.3, 0.4) is 0 Å². The molecule has 0 aliphatic heterocycles. The van der Waals surface area contributed by atoms with Gasteiger partial charge in [-0.25, -0.2) is 9.59 Å². The summed E-state index contributed by atoms with van der Waals surface area (Å²) >= 11 is 0. The number of nitrogens with one attached hydrogen (secondary N) is 2. The molecule has 1 aromatic carbocycles. The van der Waals surface area contributed by atoms with E-state index in [1.54, 1.807) is 0 Å². The second kappa shape index (κ2) is 8.41. The minimum absolute atomic E-state index is 0.0507. The third-order valence-electron chi connectivity index (χ3n) is 3.65. The highest BCUT2D eigenvalue weighted by molar-refractivity contribution is 5.94. The van der Waals surface area contributed by atoms with Gasteiger partial charge >= 0.3 is 12.0 Å². The Morgan fingerprint density at radius 2 is 1.68 bits per heavy atom. The lowest BCUT2D eigenvalue weighted by Gasteiger charge is -2.21. The van der Waals surface area contributed by atoms with E-state index in [9.17, 15) is 9.59 Å². The van der Waals surface area contributed by atoms with Crippen molar-refractivity contribution in [1.29, 1.82) is 0 Å². The summed E-state index contributed by atoms with van der Waals surface area (Å²) in [4.78, 5) is 24.0. The summed E-state index contributed by atoms with van der Waals surface area (Å²) in [5, 5.41) is 5.58. The maximum atomic E-state index is 12.3. The number of carbonyl (C=O) groups is 2. The molecule has 0 radical (unpaired) electrons. The van der Waals surface area contributed by atoms with Crippen LogP contribution in [0.1, 0.15) is 38.8 Å². The van der Waals surface area contributed by atoms with Gasteiger partial charge in [-0.2, -0.15) is 0 Å². The van der Waals surface area contributed by atoms with Gasteiger partial charge in [0.15, 0.2) is 0 Å². The molecular weight excluding hydrogens is 280 g/mol. The van der Waals surface area contributed by atoms with E-state index in [0.717, 1.165) is 29.7 Å². The molecular formula is C17H26N2O3. The Morgan fingerprint density at radius 3 is 2.09 bits per heavy atom. The molecule has 1 rings (SSSR count). The molecule has 0 aliphatic rings. The van der Waals surface area contributed by atoms with Gasteiger partial charge in [0.25, 0.3) is 0 Å². The topological polar surface area (TPSA) is 67.4 Å². The van der Waals surface area contributed by atoms with Gasteiger partial charge < -0.3 is 15.4 Å². The van der Waals surface area contributed by atoms with Crippen LogP contribution >= 0.6 is 0 Å². The van der Waals surface area contributed by atoms with Gasteiger partial charge in [-0.1, -0.05) is 45.9 Å². The summed E-state index contributed by atoms with van der Waals surface area (Å²) in [6.07, 6.45) is 1.65. The Kier molecular flexibility index (Phi) is 6.89. The molecule has 1 atom stereocenters. The number of urea groups is 1. The normalized spacial score (nSPS) is 11.9. The largest absolute Gasteiger partial charge is 0.467 e. The molecule has 0 heterocycles. The molecule has 0 aliphatic carbocycles. The molecule has 2 N–H and O–H groups in total. The van der Waals surface area contributed by atoms with Crippen LogP contribution in [0.15, 0.2) is 18.2 Å². The third-order valence-corrected chi connectivity index (χ3v) is 3.65. The van der Waals surface area contributed by atoms with Crippen LogP contribution in [0, 0.1) is 5.92 Å². The molecule has 5 nitrogen and oxygen atoms in total. The van der Waals surface area contributed by atoms with E-state index in [4.69, 9.17) is 4.74 Å². The number of ether oxygens (including phenoxy) is 1. The van der Waals surface area contributed by atoms with Crippen molar-refractivity contribution in [2.75, 3.05) is 12.4 Å². The zero-order valence-electron chi connectivity index (χ0n) is 14.0. The number of aryl methyl sites for hydroxylation is 2. The lowest BCUT2D eigenvalue weighted by Crippen LogP contribution is -2.46. The SMILES string of the molecule is CCc1cccc(CC)c1NC(=O)NC(C(=O)OC)C(C)C. The zero-order valence-corrected chi connectivity index (χ0v) is 14.0. The molecule has 122 valence electrons. The average Bonchev–Trinajstić information content (AvgIpc) is 2.51. The van der Waals surface area contributed by atoms with E-state index in [1.165, 1.54) is 7.11 Å². The summed E-state index contributed by atoms with van der Waals surface area (Å²) < 4.78 is 4.73. The summed E-state index contributed by atoms with van der Waals surface area (Å²) in [5.41, 5.74) is 2.99. The van der Waals surface area contributed by atoms with E-state index in [-0.39, 0.29) is 11.9 Å². The first kappa shape index (κ1) is 18.0. The van der Waals surface area contributed by atoms with E-state index < -0.39 is 12.0 Å². The van der Waals surface area contributed by atoms with Crippen molar-refractivity contribution in [3.05, 3.63) is 29.3 Å². The average molecular weight is 306 g/mol. The second-order valence-corrected chi connectivity index (χ2v) is 5.50. The minimum atomic E-state index is -0.663. The highest BCUT2D eigenvalue weighted by Crippen LogP contribution is 2.22. The van der Waals surface area contributed by atoms with Crippen LogP contribution < -0.4 is 10.6 Å². The van der Waals surface area contributed by atoms with Gasteiger partial charge in [-0.3, -0.25) is 0 Å². The fourth-order valence-electron chi connectivity index (χ4n) is 2.32. The predicted octanol–water partition coefficient (Wildman–Crippen LogP) is 3.13. The van der Waals surface area contributed by atoms with Gasteiger partial charge in [0.05, 0.1) is 7.11 Å². The van der Waals surface area contributed by atoms with Gasteiger partial charge in [0.2, 0.25) is 0 Å². The zero-order chi connectivity index (χ0) is 16.7. The number of carbonyl (C=O) groups excluding carboxylic acids is 2. The minimum Gasteiger partial charge on any atom is -0.467 e. The molecule has 0 saturated heterocycles. The maximum absolute atomic E-state index is 12.3. The van der Waals surface area contributed by atoms with Gasteiger partial charge in [0.1, 0.15) is 6.04 Å². The molecule has 0 aromatic heterocycles. The van der Waals surface area contributed by atoms with Crippen molar-refractivity contribution < 1.29 is 14.3 Å². The number of amides is 2. The molecule has 0 spiro atoms. The standard InChI is InChI=1S/C17H26N2O3/c1-6-12-9-8-10-13(7-2)15(12)19-17(21)18-14(11(3)4)16(20)22-5/h8-11,14H,6-7H2,1-5H3,(H2,18,19,21). The van der Waals surface area contributed by atoms with Crippen LogP contribution in [0.4, 0.5) is 10.5 Å². The molecule has 1 unspecified atom stereocenters. The molecule has 0 bridgehead atoms. The monoisotopic (exact) mass is 306 g/mol. The Morgan fingerprint density at radius 1 is 1.14 bits per heavy atom. The lowest BCUT2D eigenvalue weighted by atomic mass is 10.0. The van der Waals surface area contributed by atoms with Gasteiger partial charge in [-0.15, -0.1) is 0 Å². The first-order chi connectivity index (χ1) is 10.4. The molecule has 22 heavy (non-hydrogen) atoms. The Labute approximate surface area is 132 Å². The fourth-order valence-corrected chi connectivity index (χ4v) is 2.32. The van der Waals surface area contributed by atoms with Crippen LogP contribution in [-0.2, 0) is 22.4 Å². The smallest absolute Gasteiger partial charge is 0.328 e. The van der Waals surface area contributed by atoms with Crippen LogP contribution in [0.2, 0.25) is 0 Å². The Balaban J connectivity index is 2.91. The van der Waals surface area contributed by atoms with E-state index in [0.29, 0.717) is 0 Å². The van der Waals surface area contributed by atoms with Crippen molar-refractivity contribution in [1.82, 2.24) is 5.32 Å². The van der Waals surface area contributed by atoms with Crippen LogP contribution in [-0.4, -0.2) is 25.2 Å². The number of rotatable bonds is 6. The first-order valence-electron chi connectivity index (χ1n) is 7.70. The maximum Gasteiger partial charge on any atom is 0.328 e. The van der Waals surface area contributed by atoms with E-state index in [1.807, 2.05) is 45.9 Å². The second-order valence-electron chi connectivity index (χ2n) is 5.50. The van der Waals surface area contributed by atoms with Crippen LogP contribution in [0.25, 0.3) is 0 Å². The van der Waals surface area contributed by atoms with Crippen molar-refractivity contribution in [3.8, 4) is 0 Å². The number of esters is 1. The van der Waals surface area contributed by atoms with E-state index >= 15 is 0 Å². The van der Waals surface area contributed by atoms with E-state index in [2.05, 4.69) is 10.6 Å². The molecule has 0 fully saturated rings. The third kappa shape index (κ3) is 4.48. The summed E-state index contributed by atoms with van der Waals surface area (Å²) in [6, 6.07) is 4.93. The van der Waals surface area contributed by atoms with Crippen LogP contribution in [0.5, 0.6) is 0 Å². The highest BCUT2D eigenvalue weighted by Gasteiger charge is 2.25. The predicted molar refractivity (Wildman–Crippen MR) is 88.0 cm³/mol. The summed E-state index contributed by atoms with van der Waals surface area (Å²) in [6.45, 7) is 7.81. The molecule has 5 heteroatoms. The van der Waals surface area contributed by atoms with Crippen molar-refractivity contribution >= 4 is 17.7 Å². The number of benzene rings is 1. The van der Waals surface area contributed by atoms with Crippen molar-refractivity contribution in [2.45, 2.75) is 46.6 Å². The quantitative estimate of drug-likeness (QED) is 0.793. The van der Waals surface area contributed by atoms with Crippen molar-refractivity contribution in [2.24, 2.45) is 5.92 Å². The Hall–Kier alpha value is -2.04. The van der Waals surface area contributed by atoms with Gasteiger partial charge in [-0.05, 0) is 29.9 Å². The van der Waals surface area contributed by atoms with Crippen molar-refractivity contribution in [3.63, 3.8) is 0 Å². The molecule has 1 aromatic rings. The van der Waals surface area contributed by atoms with Gasteiger partial charge in [0, 0.05) is 5.69 Å². The fraction of sp³-hybridized carbons (Fsp3) is 0.529. The Bertz CT molecular complexity index is 504. The number of hydrogen-bond acceptors (Lipinski definition) is 3. The molecule has 2 amide bonds. The number of methoxy groups -OCH3 is 1. The first-order valence-corrected chi connectivity index (χ1v) is 7.70. The molecule has 0 saturated carbocycles. The lowest BCUT2D eigenvalue weighted by molar-refractivity contribution is -0.143. The number of anilines is 1.